The monoisotopic (exact) mass is 259 g/mol. The molecule has 1 atom stereocenters. The molecule has 0 radical (unpaired) electrons. The number of rotatable bonds is 2. The lowest BCUT2D eigenvalue weighted by Crippen LogP contribution is -2.29. The second kappa shape index (κ2) is 4.84. The molecular weight excluding hydrogens is 245 g/mol. The van der Waals surface area contributed by atoms with Crippen molar-refractivity contribution in [1.82, 2.24) is 14.7 Å². The summed E-state index contributed by atoms with van der Waals surface area (Å²) in [4.78, 5) is 13.8. The maximum absolute atomic E-state index is 13.1. The minimum Gasteiger partial charge on any atom is -0.336 e. The molecule has 1 amide bonds. The number of likely N-dealkylation sites (tertiary alicyclic amines) is 1. The zero-order valence-electron chi connectivity index (χ0n) is 10.4. The van der Waals surface area contributed by atoms with Gasteiger partial charge in [0.25, 0.3) is 5.91 Å². The third-order valence-electron chi connectivity index (χ3n) is 3.28. The fraction of sp³-hybridized carbons (Fsp3) is 0.286. The Balaban J connectivity index is 1.85. The predicted octanol–water partition coefficient (Wildman–Crippen LogP) is 2.06. The average molecular weight is 259 g/mol. The fourth-order valence-electron chi connectivity index (χ4n) is 2.29. The first kappa shape index (κ1) is 11.9. The first-order valence-electron chi connectivity index (χ1n) is 6.27. The lowest BCUT2D eigenvalue weighted by Gasteiger charge is -2.15. The molecule has 98 valence electrons. The van der Waals surface area contributed by atoms with E-state index in [0.29, 0.717) is 18.5 Å². The van der Waals surface area contributed by atoms with Crippen LogP contribution >= 0.6 is 0 Å². The van der Waals surface area contributed by atoms with Crippen LogP contribution in [0.2, 0.25) is 0 Å². The van der Waals surface area contributed by atoms with Gasteiger partial charge in [0.1, 0.15) is 6.17 Å². The summed E-state index contributed by atoms with van der Waals surface area (Å²) in [5.74, 6) is -0.117. The summed E-state index contributed by atoms with van der Waals surface area (Å²) in [6, 6.07) is 9.05. The molecule has 19 heavy (non-hydrogen) atoms. The number of carbonyl (C=O) groups is 1. The van der Waals surface area contributed by atoms with E-state index in [1.165, 1.54) is 0 Å². The number of halogens is 1. The van der Waals surface area contributed by atoms with Gasteiger partial charge in [0.05, 0.1) is 12.2 Å². The van der Waals surface area contributed by atoms with Crippen molar-refractivity contribution in [3.8, 4) is 5.69 Å². The first-order valence-corrected chi connectivity index (χ1v) is 6.27. The molecular formula is C14H14FN3O. The highest BCUT2D eigenvalue weighted by molar-refractivity contribution is 5.95. The Morgan fingerprint density at radius 2 is 2.26 bits per heavy atom. The van der Waals surface area contributed by atoms with Crippen molar-refractivity contribution >= 4 is 5.91 Å². The zero-order valence-corrected chi connectivity index (χ0v) is 10.4. The van der Waals surface area contributed by atoms with Gasteiger partial charge >= 0.3 is 0 Å². The van der Waals surface area contributed by atoms with E-state index in [4.69, 9.17) is 0 Å². The number of alkyl halides is 1. The first-order chi connectivity index (χ1) is 9.24. The van der Waals surface area contributed by atoms with Crippen LogP contribution in [0.5, 0.6) is 0 Å². The van der Waals surface area contributed by atoms with E-state index in [1.807, 2.05) is 24.4 Å². The van der Waals surface area contributed by atoms with Gasteiger partial charge in [-0.1, -0.05) is 6.07 Å². The molecule has 0 saturated carbocycles. The van der Waals surface area contributed by atoms with E-state index >= 15 is 0 Å². The minimum atomic E-state index is -0.891. The SMILES string of the molecule is O=C(c1cccc(-n2cccn2)c1)N1CC[C@H](F)C1. The van der Waals surface area contributed by atoms with Crippen LogP contribution in [0.3, 0.4) is 0 Å². The molecule has 1 aromatic carbocycles. The highest BCUT2D eigenvalue weighted by Gasteiger charge is 2.26. The Labute approximate surface area is 110 Å². The molecule has 0 bridgehead atoms. The Morgan fingerprint density at radius 1 is 1.37 bits per heavy atom. The molecule has 1 aromatic heterocycles. The number of carbonyl (C=O) groups excluding carboxylic acids is 1. The van der Waals surface area contributed by atoms with Crippen molar-refractivity contribution < 1.29 is 9.18 Å². The molecule has 0 N–H and O–H groups in total. The van der Waals surface area contributed by atoms with E-state index in [1.54, 1.807) is 27.9 Å². The van der Waals surface area contributed by atoms with Gasteiger partial charge in [-0.3, -0.25) is 4.79 Å². The van der Waals surface area contributed by atoms with Crippen molar-refractivity contribution in [2.75, 3.05) is 13.1 Å². The van der Waals surface area contributed by atoms with Crippen molar-refractivity contribution in [1.29, 1.82) is 0 Å². The van der Waals surface area contributed by atoms with Crippen LogP contribution in [0.25, 0.3) is 5.69 Å². The number of benzene rings is 1. The van der Waals surface area contributed by atoms with Crippen molar-refractivity contribution in [3.63, 3.8) is 0 Å². The zero-order chi connectivity index (χ0) is 13.2. The van der Waals surface area contributed by atoms with E-state index in [2.05, 4.69) is 5.10 Å². The second-order valence-electron chi connectivity index (χ2n) is 4.64. The van der Waals surface area contributed by atoms with Crippen LogP contribution in [0.4, 0.5) is 4.39 Å². The molecule has 2 aromatic rings. The molecule has 3 rings (SSSR count). The average Bonchev–Trinajstić information content (AvgIpc) is 3.09. The summed E-state index contributed by atoms with van der Waals surface area (Å²) >= 11 is 0. The molecule has 0 aliphatic carbocycles. The molecule has 0 spiro atoms. The van der Waals surface area contributed by atoms with Gasteiger partial charge in [0, 0.05) is 24.5 Å². The quantitative estimate of drug-likeness (QED) is 0.828. The molecule has 1 aliphatic rings. The summed E-state index contributed by atoms with van der Waals surface area (Å²) in [5, 5.41) is 4.13. The Hall–Kier alpha value is -2.17. The third kappa shape index (κ3) is 2.36. The molecule has 0 unspecified atom stereocenters. The maximum atomic E-state index is 13.1. The predicted molar refractivity (Wildman–Crippen MR) is 69.0 cm³/mol. The molecule has 1 fully saturated rings. The van der Waals surface area contributed by atoms with Gasteiger partial charge in [-0.25, -0.2) is 9.07 Å². The van der Waals surface area contributed by atoms with Crippen molar-refractivity contribution in [2.24, 2.45) is 0 Å². The summed E-state index contributed by atoms with van der Waals surface area (Å²) in [7, 11) is 0. The summed E-state index contributed by atoms with van der Waals surface area (Å²) in [6.45, 7) is 0.691. The molecule has 4 nitrogen and oxygen atoms in total. The van der Waals surface area contributed by atoms with Crippen LogP contribution in [0.1, 0.15) is 16.8 Å². The number of aromatic nitrogens is 2. The highest BCUT2D eigenvalue weighted by Crippen LogP contribution is 2.17. The maximum Gasteiger partial charge on any atom is 0.254 e. The van der Waals surface area contributed by atoms with Crippen LogP contribution in [0.15, 0.2) is 42.7 Å². The fourth-order valence-corrected chi connectivity index (χ4v) is 2.29. The van der Waals surface area contributed by atoms with E-state index in [-0.39, 0.29) is 12.5 Å². The normalized spacial score (nSPS) is 18.8. The molecule has 1 saturated heterocycles. The number of nitrogens with zero attached hydrogens (tertiary/aromatic N) is 3. The highest BCUT2D eigenvalue weighted by atomic mass is 19.1. The lowest BCUT2D eigenvalue weighted by molar-refractivity contribution is 0.0783. The van der Waals surface area contributed by atoms with Gasteiger partial charge in [0.2, 0.25) is 0 Å². The minimum absolute atomic E-state index is 0.117. The van der Waals surface area contributed by atoms with E-state index in [0.717, 1.165) is 5.69 Å². The number of hydrogen-bond donors (Lipinski definition) is 0. The number of hydrogen-bond acceptors (Lipinski definition) is 2. The Bertz CT molecular complexity index is 582. The standard InChI is InChI=1S/C14H14FN3O/c15-12-5-8-17(10-12)14(19)11-3-1-4-13(9-11)18-7-2-6-16-18/h1-4,6-7,9,12H,5,8,10H2/t12-/m0/s1. The second-order valence-corrected chi connectivity index (χ2v) is 4.64. The van der Waals surface area contributed by atoms with Crippen LogP contribution in [-0.2, 0) is 0 Å². The number of amides is 1. The summed E-state index contributed by atoms with van der Waals surface area (Å²) in [5.41, 5.74) is 1.40. The van der Waals surface area contributed by atoms with Crippen molar-refractivity contribution in [3.05, 3.63) is 48.3 Å². The Kier molecular flexibility index (Phi) is 3.03. The lowest BCUT2D eigenvalue weighted by atomic mass is 10.2. The van der Waals surface area contributed by atoms with Gasteiger partial charge in [0.15, 0.2) is 0 Å². The molecule has 5 heteroatoms. The largest absolute Gasteiger partial charge is 0.336 e. The van der Waals surface area contributed by atoms with Gasteiger partial charge in [-0.2, -0.15) is 5.10 Å². The van der Waals surface area contributed by atoms with Crippen LogP contribution in [-0.4, -0.2) is 39.8 Å². The van der Waals surface area contributed by atoms with E-state index in [9.17, 15) is 9.18 Å². The smallest absolute Gasteiger partial charge is 0.254 e. The summed E-state index contributed by atoms with van der Waals surface area (Å²) in [6.07, 6.45) is 3.04. The van der Waals surface area contributed by atoms with Crippen LogP contribution < -0.4 is 0 Å². The Morgan fingerprint density at radius 3 is 2.95 bits per heavy atom. The van der Waals surface area contributed by atoms with Crippen molar-refractivity contribution in [2.45, 2.75) is 12.6 Å². The van der Waals surface area contributed by atoms with Gasteiger partial charge in [-0.15, -0.1) is 0 Å². The molecule has 2 heterocycles. The molecule has 1 aliphatic heterocycles. The topological polar surface area (TPSA) is 38.1 Å². The third-order valence-corrected chi connectivity index (χ3v) is 3.28. The van der Waals surface area contributed by atoms with Gasteiger partial charge < -0.3 is 4.90 Å². The van der Waals surface area contributed by atoms with Crippen LogP contribution in [0, 0.1) is 0 Å². The van der Waals surface area contributed by atoms with E-state index < -0.39 is 6.17 Å². The van der Waals surface area contributed by atoms with Gasteiger partial charge in [-0.05, 0) is 30.7 Å². The summed E-state index contributed by atoms with van der Waals surface area (Å²) < 4.78 is 14.8.